The molecule has 0 heterocycles. The van der Waals surface area contributed by atoms with Crippen molar-refractivity contribution in [2.24, 2.45) is 0 Å². The highest BCUT2D eigenvalue weighted by atomic mass is 79.9. The Bertz CT molecular complexity index is 376. The minimum absolute atomic E-state index is 0.0523. The molecule has 86 valence electrons. The second-order valence-corrected chi connectivity index (χ2v) is 4.49. The van der Waals surface area contributed by atoms with Gasteiger partial charge in [0, 0.05) is 18.1 Å². The second kappa shape index (κ2) is 6.48. The first-order chi connectivity index (χ1) is 7.66. The third-order valence-electron chi connectivity index (χ3n) is 2.35. The monoisotopic (exact) mass is 281 g/mol. The molecule has 0 aliphatic rings. The molecule has 0 bridgehead atoms. The van der Waals surface area contributed by atoms with E-state index in [2.05, 4.69) is 22.5 Å². The molecule has 0 saturated carbocycles. The molecule has 1 aromatic rings. The van der Waals surface area contributed by atoms with Gasteiger partial charge in [0.2, 0.25) is 0 Å². The van der Waals surface area contributed by atoms with Gasteiger partial charge in [0.1, 0.15) is 0 Å². The highest BCUT2D eigenvalue weighted by Gasteiger charge is 2.13. The minimum atomic E-state index is 0.0523. The zero-order chi connectivity index (χ0) is 12.0. The van der Waals surface area contributed by atoms with Crippen LogP contribution in [0.3, 0.4) is 0 Å². The van der Waals surface area contributed by atoms with E-state index >= 15 is 0 Å². The molecule has 0 radical (unpaired) electrons. The van der Waals surface area contributed by atoms with Gasteiger partial charge in [-0.2, -0.15) is 0 Å². The van der Waals surface area contributed by atoms with Gasteiger partial charge < -0.3 is 4.90 Å². The van der Waals surface area contributed by atoms with Gasteiger partial charge in [0.15, 0.2) is 0 Å². The summed E-state index contributed by atoms with van der Waals surface area (Å²) in [5.74, 6) is 0.0523. The second-order valence-electron chi connectivity index (χ2n) is 3.64. The maximum atomic E-state index is 12.0. The van der Waals surface area contributed by atoms with E-state index in [1.807, 2.05) is 37.4 Å². The van der Waals surface area contributed by atoms with E-state index in [0.29, 0.717) is 5.56 Å². The Kier molecular flexibility index (Phi) is 5.26. The normalized spacial score (nSPS) is 9.88. The van der Waals surface area contributed by atoms with Crippen LogP contribution in [0.1, 0.15) is 23.2 Å². The smallest absolute Gasteiger partial charge is 0.254 e. The predicted octanol–water partition coefficient (Wildman–Crippen LogP) is 3.49. The van der Waals surface area contributed by atoms with Crippen LogP contribution in [-0.2, 0) is 0 Å². The van der Waals surface area contributed by atoms with Crippen LogP contribution < -0.4 is 0 Å². The van der Waals surface area contributed by atoms with E-state index in [1.54, 1.807) is 4.90 Å². The highest BCUT2D eigenvalue weighted by molar-refractivity contribution is 9.10. The molecule has 0 aliphatic carbocycles. The van der Waals surface area contributed by atoms with Crippen LogP contribution in [0, 0.1) is 0 Å². The van der Waals surface area contributed by atoms with Gasteiger partial charge in [0.25, 0.3) is 5.91 Å². The van der Waals surface area contributed by atoms with E-state index in [1.165, 1.54) is 0 Å². The summed E-state index contributed by atoms with van der Waals surface area (Å²) in [5.41, 5.74) is 0.712. The molecule has 1 rings (SSSR count). The van der Waals surface area contributed by atoms with E-state index in [9.17, 15) is 4.79 Å². The molecule has 16 heavy (non-hydrogen) atoms. The number of unbranched alkanes of at least 4 members (excludes halogenated alkanes) is 1. The molecule has 2 nitrogen and oxygen atoms in total. The molecular weight excluding hydrogens is 266 g/mol. The Hall–Kier alpha value is -1.09. The van der Waals surface area contributed by atoms with Gasteiger partial charge in [-0.1, -0.05) is 18.2 Å². The minimum Gasteiger partial charge on any atom is -0.342 e. The molecule has 0 spiro atoms. The Morgan fingerprint density at radius 1 is 1.50 bits per heavy atom. The van der Waals surface area contributed by atoms with Crippen molar-refractivity contribution >= 4 is 21.8 Å². The van der Waals surface area contributed by atoms with Crippen LogP contribution >= 0.6 is 15.9 Å². The average molecular weight is 282 g/mol. The summed E-state index contributed by atoms with van der Waals surface area (Å²) >= 11 is 3.38. The van der Waals surface area contributed by atoms with Gasteiger partial charge >= 0.3 is 0 Å². The first-order valence-electron chi connectivity index (χ1n) is 5.27. The van der Waals surface area contributed by atoms with Crippen molar-refractivity contribution in [3.8, 4) is 0 Å². The van der Waals surface area contributed by atoms with Crippen molar-refractivity contribution in [1.82, 2.24) is 4.90 Å². The van der Waals surface area contributed by atoms with E-state index in [4.69, 9.17) is 0 Å². The molecule has 0 N–H and O–H groups in total. The lowest BCUT2D eigenvalue weighted by molar-refractivity contribution is 0.0793. The molecular formula is C13H16BrNO. The summed E-state index contributed by atoms with van der Waals surface area (Å²) in [7, 11) is 1.82. The molecule has 0 aromatic heterocycles. The van der Waals surface area contributed by atoms with Crippen LogP contribution in [-0.4, -0.2) is 24.4 Å². The SMILES string of the molecule is C=CCCCN(C)C(=O)c1ccccc1Br. The average Bonchev–Trinajstić information content (AvgIpc) is 2.29. The maximum Gasteiger partial charge on any atom is 0.254 e. The third kappa shape index (κ3) is 3.49. The third-order valence-corrected chi connectivity index (χ3v) is 3.04. The number of halogens is 1. The van der Waals surface area contributed by atoms with Crippen molar-refractivity contribution < 1.29 is 4.79 Å². The Morgan fingerprint density at radius 2 is 2.19 bits per heavy atom. The van der Waals surface area contributed by atoms with E-state index in [-0.39, 0.29) is 5.91 Å². The molecule has 0 saturated heterocycles. The molecule has 3 heteroatoms. The largest absolute Gasteiger partial charge is 0.342 e. The van der Waals surface area contributed by atoms with Crippen molar-refractivity contribution in [3.63, 3.8) is 0 Å². The zero-order valence-electron chi connectivity index (χ0n) is 9.45. The van der Waals surface area contributed by atoms with E-state index in [0.717, 1.165) is 23.9 Å². The van der Waals surface area contributed by atoms with Crippen LogP contribution in [0.5, 0.6) is 0 Å². The van der Waals surface area contributed by atoms with Crippen molar-refractivity contribution in [1.29, 1.82) is 0 Å². The highest BCUT2D eigenvalue weighted by Crippen LogP contribution is 2.17. The van der Waals surface area contributed by atoms with Crippen LogP contribution in [0.4, 0.5) is 0 Å². The lowest BCUT2D eigenvalue weighted by Crippen LogP contribution is -2.27. The number of hydrogen-bond acceptors (Lipinski definition) is 1. The summed E-state index contributed by atoms with van der Waals surface area (Å²) in [5, 5.41) is 0. The van der Waals surface area contributed by atoms with Crippen LogP contribution in [0.15, 0.2) is 41.4 Å². The number of carbonyl (C=O) groups excluding carboxylic acids is 1. The van der Waals surface area contributed by atoms with Crippen LogP contribution in [0.2, 0.25) is 0 Å². The summed E-state index contributed by atoms with van der Waals surface area (Å²) in [6.45, 7) is 4.42. The molecule has 0 fully saturated rings. The number of rotatable bonds is 5. The summed E-state index contributed by atoms with van der Waals surface area (Å²) < 4.78 is 0.843. The van der Waals surface area contributed by atoms with Gasteiger partial charge in [-0.25, -0.2) is 0 Å². The lowest BCUT2D eigenvalue weighted by atomic mass is 10.2. The maximum absolute atomic E-state index is 12.0. The fourth-order valence-corrected chi connectivity index (χ4v) is 1.87. The number of nitrogens with zero attached hydrogens (tertiary/aromatic N) is 1. The summed E-state index contributed by atoms with van der Waals surface area (Å²) in [6.07, 6.45) is 3.76. The first kappa shape index (κ1) is 13.0. The number of amides is 1. The number of allylic oxidation sites excluding steroid dienone is 1. The topological polar surface area (TPSA) is 20.3 Å². The lowest BCUT2D eigenvalue weighted by Gasteiger charge is -2.17. The molecule has 1 aromatic carbocycles. The quantitative estimate of drug-likeness (QED) is 0.598. The molecule has 0 aliphatic heterocycles. The fourth-order valence-electron chi connectivity index (χ4n) is 1.41. The summed E-state index contributed by atoms with van der Waals surface area (Å²) in [6, 6.07) is 7.48. The predicted molar refractivity (Wildman–Crippen MR) is 70.5 cm³/mol. The van der Waals surface area contributed by atoms with Crippen molar-refractivity contribution in [3.05, 3.63) is 47.0 Å². The molecule has 0 atom stereocenters. The first-order valence-corrected chi connectivity index (χ1v) is 6.07. The Balaban J connectivity index is 2.63. The number of benzene rings is 1. The number of hydrogen-bond donors (Lipinski definition) is 0. The van der Waals surface area contributed by atoms with Crippen LogP contribution in [0.25, 0.3) is 0 Å². The molecule has 0 unspecified atom stereocenters. The van der Waals surface area contributed by atoms with Crippen molar-refractivity contribution in [2.75, 3.05) is 13.6 Å². The Morgan fingerprint density at radius 3 is 2.81 bits per heavy atom. The Labute approximate surface area is 105 Å². The van der Waals surface area contributed by atoms with Crippen molar-refractivity contribution in [2.45, 2.75) is 12.8 Å². The standard InChI is InChI=1S/C13H16BrNO/c1-3-4-7-10-15(2)13(16)11-8-5-6-9-12(11)14/h3,5-6,8-9H,1,4,7,10H2,2H3. The van der Waals surface area contributed by atoms with Gasteiger partial charge in [-0.3, -0.25) is 4.79 Å². The zero-order valence-corrected chi connectivity index (χ0v) is 11.0. The van der Waals surface area contributed by atoms with Gasteiger partial charge in [-0.15, -0.1) is 6.58 Å². The van der Waals surface area contributed by atoms with E-state index < -0.39 is 0 Å². The van der Waals surface area contributed by atoms with Gasteiger partial charge in [0.05, 0.1) is 5.56 Å². The fraction of sp³-hybridized carbons (Fsp3) is 0.308. The molecule has 1 amide bonds. The van der Waals surface area contributed by atoms with Gasteiger partial charge in [-0.05, 0) is 40.9 Å². The summed E-state index contributed by atoms with van der Waals surface area (Å²) in [4.78, 5) is 13.8. The number of carbonyl (C=O) groups is 1.